The molecule has 175 valence electrons. The molecule has 5 heterocycles. The first kappa shape index (κ1) is 22.8. The number of para-hydroxylation sites is 1. The molecule has 0 aliphatic carbocycles. The molecule has 0 saturated heterocycles. The largest absolute Gasteiger partial charge is 2.00 e. The van der Waals surface area contributed by atoms with E-state index in [2.05, 4.69) is 49.9 Å². The van der Waals surface area contributed by atoms with Crippen molar-refractivity contribution in [3.05, 3.63) is 90.5 Å². The Balaban J connectivity index is 0.00000253. The number of nitrogens with zero attached hydrogens (tertiary/aromatic N) is 6. The summed E-state index contributed by atoms with van der Waals surface area (Å²) < 4.78 is 14.7. The second kappa shape index (κ2) is 9.36. The van der Waals surface area contributed by atoms with Crippen molar-refractivity contribution in [2.24, 2.45) is 7.05 Å². The number of pyridine rings is 1. The van der Waals surface area contributed by atoms with Gasteiger partial charge in [0.15, 0.2) is 6.39 Å². The molecule has 6 rings (SSSR count). The Morgan fingerprint density at radius 1 is 1.11 bits per heavy atom. The molecule has 9 heteroatoms. The van der Waals surface area contributed by atoms with E-state index in [0.717, 1.165) is 34.3 Å². The van der Waals surface area contributed by atoms with Crippen LogP contribution in [0.4, 0.5) is 17.3 Å². The predicted molar refractivity (Wildman–Crippen MR) is 126 cm³/mol. The predicted octanol–water partition coefficient (Wildman–Crippen LogP) is 3.74. The zero-order valence-corrected chi connectivity index (χ0v) is 20.2. The van der Waals surface area contributed by atoms with Crippen molar-refractivity contribution < 1.29 is 34.8 Å². The molecule has 1 atom stereocenters. The van der Waals surface area contributed by atoms with Gasteiger partial charge in [-0.1, -0.05) is 24.3 Å². The van der Waals surface area contributed by atoms with Crippen molar-refractivity contribution in [1.29, 1.82) is 0 Å². The Morgan fingerprint density at radius 2 is 1.97 bits per heavy atom. The van der Waals surface area contributed by atoms with Crippen LogP contribution in [0, 0.1) is 6.08 Å². The molecule has 0 spiro atoms. The summed E-state index contributed by atoms with van der Waals surface area (Å²) >= 11 is 0. The molecule has 5 aromatic rings. The second-order valence-corrected chi connectivity index (χ2v) is 8.17. The number of furan rings is 1. The Morgan fingerprint density at radius 3 is 2.83 bits per heavy atom. The van der Waals surface area contributed by atoms with Gasteiger partial charge in [-0.3, -0.25) is 10.7 Å². The van der Waals surface area contributed by atoms with Crippen molar-refractivity contribution >= 4 is 40.9 Å². The fourth-order valence-electron chi connectivity index (χ4n) is 4.38. The van der Waals surface area contributed by atoms with Crippen molar-refractivity contribution in [3.8, 4) is 0 Å². The number of fused-ring (bicyclic) bond motifs is 2. The number of anilines is 2. The zero-order valence-electron chi connectivity index (χ0n) is 19.1. The monoisotopic (exact) mass is 509 g/mol. The molecule has 8 nitrogen and oxygen atoms in total. The molecule has 0 N–H and O–H groups in total. The van der Waals surface area contributed by atoms with Crippen LogP contribution in [-0.4, -0.2) is 34.4 Å². The Hall–Kier alpha value is -3.95. The van der Waals surface area contributed by atoms with E-state index in [1.165, 1.54) is 6.39 Å². The van der Waals surface area contributed by atoms with Crippen LogP contribution in [0.2, 0.25) is 0 Å². The Kier molecular flexibility index (Phi) is 6.10. The van der Waals surface area contributed by atoms with Crippen LogP contribution >= 0.6 is 0 Å². The summed E-state index contributed by atoms with van der Waals surface area (Å²) in [6.45, 7) is 0.494. The van der Waals surface area contributed by atoms with Gasteiger partial charge >= 0.3 is 16.8 Å². The van der Waals surface area contributed by atoms with Crippen LogP contribution in [-0.2, 0) is 23.8 Å². The van der Waals surface area contributed by atoms with Crippen molar-refractivity contribution in [2.75, 3.05) is 18.5 Å². The molecule has 1 aliphatic heterocycles. The maximum absolute atomic E-state index is 5.39. The fraction of sp³-hybridized carbons (Fsp3) is 0.154. The topological polar surface area (TPSA) is 76.3 Å². The van der Waals surface area contributed by atoms with Crippen molar-refractivity contribution in [3.63, 3.8) is 0 Å². The minimum absolute atomic E-state index is 0. The summed E-state index contributed by atoms with van der Waals surface area (Å²) in [6.07, 6.45) is 12.2. The van der Waals surface area contributed by atoms with Gasteiger partial charge in [0.05, 0.1) is 31.5 Å². The van der Waals surface area contributed by atoms with E-state index in [4.69, 9.17) is 13.8 Å². The molecule has 0 bridgehead atoms. The van der Waals surface area contributed by atoms with Crippen LogP contribution < -0.4 is 14.5 Å². The molecular formula is C26H22CoN6O2+2. The van der Waals surface area contributed by atoms with Gasteiger partial charge in [0.1, 0.15) is 11.7 Å². The van der Waals surface area contributed by atoms with E-state index in [-0.39, 0.29) is 22.7 Å². The van der Waals surface area contributed by atoms with Gasteiger partial charge in [0.2, 0.25) is 12.0 Å². The minimum Gasteiger partial charge on any atom is -0.452 e. The number of aromatic nitrogens is 4. The maximum Gasteiger partial charge on any atom is 2.00 e. The number of benzene rings is 1. The molecular weight excluding hydrogens is 487 g/mol. The summed E-state index contributed by atoms with van der Waals surface area (Å²) in [4.78, 5) is 16.0. The molecule has 0 amide bonds. The molecule has 0 fully saturated rings. The van der Waals surface area contributed by atoms with E-state index >= 15 is 0 Å². The van der Waals surface area contributed by atoms with Gasteiger partial charge in [0.25, 0.3) is 11.6 Å². The second-order valence-electron chi connectivity index (χ2n) is 8.17. The van der Waals surface area contributed by atoms with Crippen LogP contribution in [0.5, 0.6) is 0 Å². The van der Waals surface area contributed by atoms with E-state index in [1.807, 2.05) is 61.4 Å². The van der Waals surface area contributed by atoms with Crippen LogP contribution in [0.1, 0.15) is 22.9 Å². The van der Waals surface area contributed by atoms with Crippen molar-refractivity contribution in [1.82, 2.24) is 15.0 Å². The number of rotatable bonds is 6. The first-order chi connectivity index (χ1) is 16.7. The third-order valence-corrected chi connectivity index (χ3v) is 5.96. The molecule has 1 radical (unpaired) electrons. The summed E-state index contributed by atoms with van der Waals surface area (Å²) in [6, 6.07) is 16.3. The Labute approximate surface area is 212 Å². The molecule has 4 aromatic heterocycles. The number of aryl methyl sites for hydroxylation is 1. The number of oxazole rings is 1. The van der Waals surface area contributed by atoms with Crippen LogP contribution in [0.3, 0.4) is 0 Å². The average Bonchev–Trinajstić information content (AvgIpc) is 3.63. The summed E-state index contributed by atoms with van der Waals surface area (Å²) in [5, 5.41) is 0. The Bertz CT molecular complexity index is 1530. The van der Waals surface area contributed by atoms with Crippen LogP contribution in [0.15, 0.2) is 76.3 Å². The van der Waals surface area contributed by atoms with Gasteiger partial charge in [-0.25, -0.2) is 20.6 Å². The quantitative estimate of drug-likeness (QED) is 0.257. The fourth-order valence-corrected chi connectivity index (χ4v) is 4.38. The number of imidazole rings is 1. The first-order valence-electron chi connectivity index (χ1n) is 10.9. The third-order valence-electron chi connectivity index (χ3n) is 5.96. The van der Waals surface area contributed by atoms with Gasteiger partial charge in [-0.05, 0) is 30.8 Å². The maximum atomic E-state index is 5.39. The van der Waals surface area contributed by atoms with Crippen molar-refractivity contribution in [2.45, 2.75) is 5.92 Å². The van der Waals surface area contributed by atoms with E-state index in [0.29, 0.717) is 17.8 Å². The van der Waals surface area contributed by atoms with E-state index in [9.17, 15) is 0 Å². The summed E-state index contributed by atoms with van der Waals surface area (Å²) in [5.41, 5.74) is 4.50. The average molecular weight is 509 g/mol. The number of hydrogen-bond acceptors (Lipinski definition) is 5. The van der Waals surface area contributed by atoms with Gasteiger partial charge in [0, 0.05) is 12.0 Å². The van der Waals surface area contributed by atoms with E-state index in [1.54, 1.807) is 6.26 Å². The third kappa shape index (κ3) is 4.09. The molecule has 1 aliphatic rings. The summed E-state index contributed by atoms with van der Waals surface area (Å²) in [5.74, 6) is 2.34. The molecule has 0 saturated carbocycles. The van der Waals surface area contributed by atoms with Gasteiger partial charge < -0.3 is 13.7 Å². The van der Waals surface area contributed by atoms with Crippen LogP contribution in [0.25, 0.3) is 17.4 Å². The zero-order chi connectivity index (χ0) is 23.1. The van der Waals surface area contributed by atoms with Gasteiger partial charge in [-0.2, -0.15) is 0 Å². The smallest absolute Gasteiger partial charge is 0.452 e. The number of hydrogen-bond donors (Lipinski definition) is 0. The van der Waals surface area contributed by atoms with Gasteiger partial charge in [-0.15, -0.1) is 10.5 Å². The van der Waals surface area contributed by atoms with E-state index < -0.39 is 0 Å². The standard InChI is InChI=1S/C26H22N6O2.Co/c1-30-14-20(24-25(30)31(2)16-27-24)21-11-6-12-22(29-21)32(19-9-4-3-5-10-19)13-7-8-18-15-33-26-23(18)28-17-34-26;/h3-6,8-12,14-17,20H,13H2,1-2H3;/q;+2. The normalized spacial score (nSPS) is 14.8. The summed E-state index contributed by atoms with van der Waals surface area (Å²) in [7, 11) is 4.05. The molecule has 1 unspecified atom stereocenters. The first-order valence-corrected chi connectivity index (χ1v) is 10.9. The minimum atomic E-state index is 0. The molecule has 1 aromatic carbocycles. The SMILES string of the molecule is C[N+]1=CC(c2cccc(N(C[C-]=Cc3coc4ocnc34)c3ccccc3)n2)c2[n-]c[n+](C)c21.[Co+2]. The molecule has 35 heavy (non-hydrogen) atoms.